The van der Waals surface area contributed by atoms with Crippen LogP contribution in [-0.2, 0) is 9.59 Å². The molecule has 2 atom stereocenters. The highest BCUT2D eigenvalue weighted by Gasteiger charge is 2.38. The Labute approximate surface area is 169 Å². The van der Waals surface area contributed by atoms with E-state index in [1.165, 1.54) is 0 Å². The molecule has 1 saturated heterocycles. The Bertz CT molecular complexity index is 882. The first-order valence-corrected chi connectivity index (χ1v) is 8.94. The Morgan fingerprint density at radius 1 is 1.13 bits per heavy atom. The number of alkyl halides is 3. The van der Waals surface area contributed by atoms with E-state index in [1.807, 2.05) is 29.8 Å². The van der Waals surface area contributed by atoms with Crippen molar-refractivity contribution in [1.82, 2.24) is 14.5 Å². The number of imidazole rings is 1. The van der Waals surface area contributed by atoms with Crippen molar-refractivity contribution >= 4 is 17.8 Å². The van der Waals surface area contributed by atoms with Gasteiger partial charge in [-0.1, -0.05) is 0 Å². The summed E-state index contributed by atoms with van der Waals surface area (Å²) in [5.74, 6) is -4.18. The SMILES string of the molecule is C[C@@H]1[C@H](C(=O)O)CCCN1C(=O)c1ccc(-n2ccnc2)cc1.O=C(O)C(F)(F)F. The van der Waals surface area contributed by atoms with Gasteiger partial charge in [-0.15, -0.1) is 0 Å². The summed E-state index contributed by atoms with van der Waals surface area (Å²) >= 11 is 0. The standard InChI is InChI=1S/C17H19N3O3.C2HF3O2/c1-12-15(17(22)23)3-2-9-20(12)16(21)13-4-6-14(7-5-13)19-10-8-18-11-19;3-2(4,5)1(6)7/h4-8,10-12,15H,2-3,9H2,1H3,(H,22,23);(H,6,7)/t12-,15-;/m1./s1. The molecule has 1 aliphatic heterocycles. The number of halogens is 3. The van der Waals surface area contributed by atoms with Crippen LogP contribution in [0.2, 0.25) is 0 Å². The number of benzene rings is 1. The second kappa shape index (κ2) is 9.42. The molecule has 162 valence electrons. The minimum absolute atomic E-state index is 0.111. The van der Waals surface area contributed by atoms with Crippen LogP contribution in [0.1, 0.15) is 30.1 Å². The van der Waals surface area contributed by atoms with E-state index < -0.39 is 24.0 Å². The topological polar surface area (TPSA) is 113 Å². The van der Waals surface area contributed by atoms with Crippen LogP contribution in [0.4, 0.5) is 13.2 Å². The van der Waals surface area contributed by atoms with Crippen molar-refractivity contribution in [3.63, 3.8) is 0 Å². The van der Waals surface area contributed by atoms with E-state index in [1.54, 1.807) is 29.6 Å². The average Bonchev–Trinajstić information content (AvgIpc) is 3.22. The number of rotatable bonds is 3. The zero-order chi connectivity index (χ0) is 22.5. The van der Waals surface area contributed by atoms with Crippen molar-refractivity contribution < 1.29 is 37.8 Å². The maximum atomic E-state index is 12.7. The predicted molar refractivity (Wildman–Crippen MR) is 98.1 cm³/mol. The summed E-state index contributed by atoms with van der Waals surface area (Å²) in [5, 5.41) is 16.4. The van der Waals surface area contributed by atoms with Gasteiger partial charge < -0.3 is 19.7 Å². The van der Waals surface area contributed by atoms with Gasteiger partial charge in [-0.25, -0.2) is 9.78 Å². The highest BCUT2D eigenvalue weighted by Crippen LogP contribution is 2.25. The zero-order valence-electron chi connectivity index (χ0n) is 15.9. The van der Waals surface area contributed by atoms with Gasteiger partial charge in [-0.2, -0.15) is 13.2 Å². The highest BCUT2D eigenvalue weighted by atomic mass is 19.4. The van der Waals surface area contributed by atoms with Crippen LogP contribution < -0.4 is 0 Å². The van der Waals surface area contributed by atoms with Crippen LogP contribution in [0.15, 0.2) is 43.0 Å². The molecule has 2 aromatic rings. The number of amides is 1. The van der Waals surface area contributed by atoms with Crippen molar-refractivity contribution in [3.8, 4) is 5.69 Å². The Hall–Kier alpha value is -3.37. The number of piperidine rings is 1. The van der Waals surface area contributed by atoms with Gasteiger partial charge in [0.2, 0.25) is 0 Å². The van der Waals surface area contributed by atoms with E-state index in [9.17, 15) is 27.9 Å². The molecule has 3 rings (SSSR count). The summed E-state index contributed by atoms with van der Waals surface area (Å²) in [7, 11) is 0. The summed E-state index contributed by atoms with van der Waals surface area (Å²) in [4.78, 5) is 38.6. The lowest BCUT2D eigenvalue weighted by atomic mass is 9.90. The largest absolute Gasteiger partial charge is 0.490 e. The minimum atomic E-state index is -5.08. The van der Waals surface area contributed by atoms with Crippen molar-refractivity contribution in [1.29, 1.82) is 0 Å². The van der Waals surface area contributed by atoms with Crippen LogP contribution in [-0.4, -0.2) is 61.3 Å². The number of nitrogens with zero attached hydrogens (tertiary/aromatic N) is 3. The Balaban J connectivity index is 0.000000396. The smallest absolute Gasteiger partial charge is 0.481 e. The van der Waals surface area contributed by atoms with E-state index in [4.69, 9.17) is 9.90 Å². The van der Waals surface area contributed by atoms with Gasteiger partial charge in [0.1, 0.15) is 0 Å². The lowest BCUT2D eigenvalue weighted by Crippen LogP contribution is -2.49. The van der Waals surface area contributed by atoms with Gasteiger partial charge in [0, 0.05) is 36.2 Å². The van der Waals surface area contributed by atoms with Gasteiger partial charge in [-0.05, 0) is 44.0 Å². The molecule has 1 amide bonds. The number of aromatic nitrogens is 2. The van der Waals surface area contributed by atoms with Gasteiger partial charge >= 0.3 is 18.1 Å². The third-order valence-corrected chi connectivity index (χ3v) is 4.73. The number of carbonyl (C=O) groups is 3. The molecule has 1 aromatic carbocycles. The molecule has 1 aliphatic rings. The third-order valence-electron chi connectivity index (χ3n) is 4.73. The summed E-state index contributed by atoms with van der Waals surface area (Å²) < 4.78 is 33.6. The lowest BCUT2D eigenvalue weighted by Gasteiger charge is -2.37. The molecule has 0 bridgehead atoms. The molecule has 0 saturated carbocycles. The molecule has 0 aliphatic carbocycles. The number of carbonyl (C=O) groups excluding carboxylic acids is 1. The normalized spacial score (nSPS) is 18.9. The summed E-state index contributed by atoms with van der Waals surface area (Å²) in [6.07, 6.45) is 1.49. The molecule has 30 heavy (non-hydrogen) atoms. The quantitative estimate of drug-likeness (QED) is 0.779. The van der Waals surface area contributed by atoms with Gasteiger partial charge in [0.15, 0.2) is 0 Å². The highest BCUT2D eigenvalue weighted by molar-refractivity contribution is 5.95. The van der Waals surface area contributed by atoms with Crippen LogP contribution in [0, 0.1) is 5.92 Å². The molecular weight excluding hydrogens is 407 g/mol. The first-order chi connectivity index (χ1) is 14.0. The Kier molecular flexibility index (Phi) is 7.19. The fraction of sp³-hybridized carbons (Fsp3) is 0.368. The van der Waals surface area contributed by atoms with Crippen LogP contribution in [0.5, 0.6) is 0 Å². The fourth-order valence-corrected chi connectivity index (χ4v) is 3.11. The van der Waals surface area contributed by atoms with Crippen molar-refractivity contribution in [2.45, 2.75) is 32.0 Å². The number of likely N-dealkylation sites (tertiary alicyclic amines) is 1. The lowest BCUT2D eigenvalue weighted by molar-refractivity contribution is -0.192. The maximum absolute atomic E-state index is 12.7. The van der Waals surface area contributed by atoms with E-state index in [2.05, 4.69) is 4.98 Å². The Morgan fingerprint density at radius 3 is 2.20 bits per heavy atom. The van der Waals surface area contributed by atoms with Crippen molar-refractivity contribution in [2.24, 2.45) is 5.92 Å². The molecule has 8 nitrogen and oxygen atoms in total. The molecule has 2 heterocycles. The van der Waals surface area contributed by atoms with E-state index in [-0.39, 0.29) is 11.9 Å². The average molecular weight is 427 g/mol. The van der Waals surface area contributed by atoms with E-state index in [0.29, 0.717) is 18.5 Å². The molecule has 0 radical (unpaired) electrons. The molecular formula is C19H20F3N3O5. The first-order valence-electron chi connectivity index (χ1n) is 8.94. The van der Waals surface area contributed by atoms with Crippen LogP contribution >= 0.6 is 0 Å². The summed E-state index contributed by atoms with van der Waals surface area (Å²) in [5.41, 5.74) is 1.50. The van der Waals surface area contributed by atoms with Crippen molar-refractivity contribution in [3.05, 3.63) is 48.5 Å². The van der Waals surface area contributed by atoms with E-state index >= 15 is 0 Å². The monoisotopic (exact) mass is 427 g/mol. The van der Waals surface area contributed by atoms with E-state index in [0.717, 1.165) is 12.1 Å². The second-order valence-corrected chi connectivity index (χ2v) is 6.65. The summed E-state index contributed by atoms with van der Waals surface area (Å²) in [6.45, 7) is 2.42. The maximum Gasteiger partial charge on any atom is 0.490 e. The molecule has 1 aromatic heterocycles. The van der Waals surface area contributed by atoms with Gasteiger partial charge in [-0.3, -0.25) is 9.59 Å². The molecule has 1 fully saturated rings. The van der Waals surface area contributed by atoms with Crippen molar-refractivity contribution in [2.75, 3.05) is 6.54 Å². The fourth-order valence-electron chi connectivity index (χ4n) is 3.11. The van der Waals surface area contributed by atoms with Gasteiger partial charge in [0.05, 0.1) is 12.2 Å². The number of hydrogen-bond donors (Lipinski definition) is 2. The number of hydrogen-bond acceptors (Lipinski definition) is 4. The van der Waals surface area contributed by atoms with Crippen LogP contribution in [0.3, 0.4) is 0 Å². The van der Waals surface area contributed by atoms with Gasteiger partial charge in [0.25, 0.3) is 5.91 Å². The number of aliphatic carboxylic acids is 2. The minimum Gasteiger partial charge on any atom is -0.481 e. The number of carboxylic acid groups (broad SMARTS) is 2. The summed E-state index contributed by atoms with van der Waals surface area (Å²) in [6, 6.07) is 6.97. The van der Waals surface area contributed by atoms with Crippen LogP contribution in [0.25, 0.3) is 5.69 Å². The zero-order valence-corrected chi connectivity index (χ0v) is 15.9. The first kappa shape index (κ1) is 22.9. The third kappa shape index (κ3) is 5.58. The molecule has 0 spiro atoms. The molecule has 0 unspecified atom stereocenters. The molecule has 2 N–H and O–H groups in total. The number of carboxylic acids is 2. The predicted octanol–water partition coefficient (Wildman–Crippen LogP) is 2.83. The Morgan fingerprint density at radius 2 is 1.73 bits per heavy atom. The second-order valence-electron chi connectivity index (χ2n) is 6.65. The molecule has 11 heteroatoms.